The molecule has 0 saturated carbocycles. The first-order chi connectivity index (χ1) is 37.5. The van der Waals surface area contributed by atoms with Gasteiger partial charge in [-0.3, -0.25) is 14.4 Å². The lowest BCUT2D eigenvalue weighted by Crippen LogP contribution is -2.30. The molecule has 0 N–H and O–H groups in total. The number of unbranched alkanes of at least 4 members (excludes halogenated alkanes) is 49. The zero-order valence-electron chi connectivity index (χ0n) is 51.6. The number of carbonyl (C=O) groups excluding carboxylic acids is 3. The highest BCUT2D eigenvalue weighted by atomic mass is 16.6. The van der Waals surface area contributed by atoms with E-state index >= 15 is 0 Å². The lowest BCUT2D eigenvalue weighted by Gasteiger charge is -2.18. The van der Waals surface area contributed by atoms with Crippen LogP contribution in [-0.2, 0) is 28.6 Å². The van der Waals surface area contributed by atoms with Gasteiger partial charge in [0.15, 0.2) is 6.10 Å². The number of esters is 3. The van der Waals surface area contributed by atoms with E-state index in [1.54, 1.807) is 0 Å². The van der Waals surface area contributed by atoms with Crippen LogP contribution in [0.25, 0.3) is 0 Å². The molecule has 0 aromatic heterocycles. The van der Waals surface area contributed by atoms with Crippen molar-refractivity contribution in [3.8, 4) is 0 Å². The van der Waals surface area contributed by atoms with Crippen molar-refractivity contribution in [2.75, 3.05) is 13.2 Å². The summed E-state index contributed by atoms with van der Waals surface area (Å²) in [6.07, 6.45) is 79.2. The summed E-state index contributed by atoms with van der Waals surface area (Å²) in [7, 11) is 0. The number of ether oxygens (including phenoxy) is 3. The van der Waals surface area contributed by atoms with Crippen LogP contribution >= 0.6 is 0 Å². The molecular formula is C70H132O6. The van der Waals surface area contributed by atoms with Gasteiger partial charge in [-0.1, -0.05) is 321 Å². The number of allylic oxidation sites excluding steroid dienone is 4. The molecule has 0 aliphatic rings. The van der Waals surface area contributed by atoms with Gasteiger partial charge >= 0.3 is 17.9 Å². The van der Waals surface area contributed by atoms with Gasteiger partial charge in [-0.25, -0.2) is 0 Å². The van der Waals surface area contributed by atoms with Crippen molar-refractivity contribution >= 4 is 17.9 Å². The molecule has 0 radical (unpaired) electrons. The standard InChI is InChI=1S/C70H132O6/c1-4-7-10-13-16-19-22-25-28-30-31-32-33-34-35-36-37-38-40-42-45-48-51-54-57-60-63-69(72)75-66-67(65-74-68(71)62-59-56-53-50-47-44-41-27-24-21-18-15-12-9-6-3)76-70(73)64-61-58-55-52-49-46-43-39-29-26-23-20-17-14-11-8-5-2/h26-27,29,41,67H,4-25,28,30-40,42-66H2,1-3H3/b29-26-,41-27-. The third-order valence-corrected chi connectivity index (χ3v) is 15.7. The summed E-state index contributed by atoms with van der Waals surface area (Å²) in [5.74, 6) is -0.855. The summed E-state index contributed by atoms with van der Waals surface area (Å²) >= 11 is 0. The Bertz CT molecular complexity index is 1230. The maximum atomic E-state index is 12.9. The van der Waals surface area contributed by atoms with Gasteiger partial charge in [0.05, 0.1) is 0 Å². The molecule has 448 valence electrons. The highest BCUT2D eigenvalue weighted by molar-refractivity contribution is 5.71. The van der Waals surface area contributed by atoms with Crippen LogP contribution in [0.1, 0.15) is 387 Å². The molecule has 0 amide bonds. The highest BCUT2D eigenvalue weighted by Gasteiger charge is 2.19. The molecule has 0 saturated heterocycles. The van der Waals surface area contributed by atoms with E-state index in [2.05, 4.69) is 45.1 Å². The van der Waals surface area contributed by atoms with Crippen molar-refractivity contribution < 1.29 is 28.6 Å². The van der Waals surface area contributed by atoms with Gasteiger partial charge in [-0.05, 0) is 70.6 Å². The maximum absolute atomic E-state index is 12.9. The largest absolute Gasteiger partial charge is 0.462 e. The lowest BCUT2D eigenvalue weighted by molar-refractivity contribution is -0.167. The van der Waals surface area contributed by atoms with E-state index in [1.165, 1.54) is 283 Å². The predicted molar refractivity (Wildman–Crippen MR) is 330 cm³/mol. The van der Waals surface area contributed by atoms with Crippen LogP contribution in [0.4, 0.5) is 0 Å². The quantitative estimate of drug-likeness (QED) is 0.0261. The van der Waals surface area contributed by atoms with Crippen molar-refractivity contribution in [1.29, 1.82) is 0 Å². The summed E-state index contributed by atoms with van der Waals surface area (Å²) < 4.78 is 17.0. The fourth-order valence-electron chi connectivity index (χ4n) is 10.5. The minimum Gasteiger partial charge on any atom is -0.462 e. The van der Waals surface area contributed by atoms with Crippen LogP contribution < -0.4 is 0 Å². The highest BCUT2D eigenvalue weighted by Crippen LogP contribution is 2.18. The smallest absolute Gasteiger partial charge is 0.306 e. The molecule has 6 heteroatoms. The van der Waals surface area contributed by atoms with Crippen molar-refractivity contribution in [3.05, 3.63) is 24.3 Å². The Morgan fingerprint density at radius 1 is 0.250 bits per heavy atom. The van der Waals surface area contributed by atoms with Gasteiger partial charge in [-0.2, -0.15) is 0 Å². The van der Waals surface area contributed by atoms with Gasteiger partial charge < -0.3 is 14.2 Å². The van der Waals surface area contributed by atoms with E-state index in [4.69, 9.17) is 14.2 Å². The molecule has 76 heavy (non-hydrogen) atoms. The Kier molecular flexibility index (Phi) is 63.6. The van der Waals surface area contributed by atoms with Crippen LogP contribution in [0.2, 0.25) is 0 Å². The first-order valence-corrected chi connectivity index (χ1v) is 34.3. The predicted octanol–water partition coefficient (Wildman–Crippen LogP) is 23.4. The normalized spacial score (nSPS) is 12.1. The molecule has 0 heterocycles. The average Bonchev–Trinajstić information content (AvgIpc) is 3.42. The second kappa shape index (κ2) is 65.4. The van der Waals surface area contributed by atoms with Crippen LogP contribution in [0.15, 0.2) is 24.3 Å². The molecule has 0 bridgehead atoms. The molecule has 6 nitrogen and oxygen atoms in total. The van der Waals surface area contributed by atoms with Crippen LogP contribution in [0, 0.1) is 0 Å². The summed E-state index contributed by atoms with van der Waals surface area (Å²) in [6.45, 7) is 6.69. The summed E-state index contributed by atoms with van der Waals surface area (Å²) in [5.41, 5.74) is 0. The van der Waals surface area contributed by atoms with E-state index in [1.807, 2.05) is 0 Å². The molecule has 0 aliphatic carbocycles. The van der Waals surface area contributed by atoms with Crippen molar-refractivity contribution in [2.45, 2.75) is 393 Å². The Morgan fingerprint density at radius 3 is 0.658 bits per heavy atom. The summed E-state index contributed by atoms with van der Waals surface area (Å²) in [5, 5.41) is 0. The first kappa shape index (κ1) is 73.9. The fourth-order valence-corrected chi connectivity index (χ4v) is 10.5. The SMILES string of the molecule is CCCCCCCC/C=C\CCCCCCCCCC(=O)OC(COC(=O)CCCCCCC/C=C\CCCCCCCC)COC(=O)CCCCCCCCCCCCCCCCCCCCCCCCCCCC. The van der Waals surface area contributed by atoms with Crippen LogP contribution in [-0.4, -0.2) is 37.2 Å². The number of rotatable bonds is 64. The van der Waals surface area contributed by atoms with Gasteiger partial charge in [0.1, 0.15) is 13.2 Å². The number of hydrogen-bond acceptors (Lipinski definition) is 6. The van der Waals surface area contributed by atoms with E-state index < -0.39 is 6.10 Å². The van der Waals surface area contributed by atoms with Crippen LogP contribution in [0.5, 0.6) is 0 Å². The van der Waals surface area contributed by atoms with Gasteiger partial charge in [0.2, 0.25) is 0 Å². The number of hydrogen-bond donors (Lipinski definition) is 0. The summed E-state index contributed by atoms with van der Waals surface area (Å²) in [6, 6.07) is 0. The maximum Gasteiger partial charge on any atom is 0.306 e. The van der Waals surface area contributed by atoms with Crippen LogP contribution in [0.3, 0.4) is 0 Å². The van der Waals surface area contributed by atoms with E-state index in [0.717, 1.165) is 64.2 Å². The molecule has 0 rings (SSSR count). The Hall–Kier alpha value is -2.11. The third kappa shape index (κ3) is 62.7. The zero-order chi connectivity index (χ0) is 55.0. The van der Waals surface area contributed by atoms with Gasteiger partial charge in [-0.15, -0.1) is 0 Å². The topological polar surface area (TPSA) is 78.9 Å². The van der Waals surface area contributed by atoms with Crippen molar-refractivity contribution in [3.63, 3.8) is 0 Å². The van der Waals surface area contributed by atoms with Crippen molar-refractivity contribution in [1.82, 2.24) is 0 Å². The fraction of sp³-hybridized carbons (Fsp3) is 0.900. The van der Waals surface area contributed by atoms with E-state index in [0.29, 0.717) is 19.3 Å². The van der Waals surface area contributed by atoms with Gasteiger partial charge in [0.25, 0.3) is 0 Å². The monoisotopic (exact) mass is 1070 g/mol. The second-order valence-electron chi connectivity index (χ2n) is 23.4. The Labute approximate surface area is 474 Å². The first-order valence-electron chi connectivity index (χ1n) is 34.3. The minimum absolute atomic E-state index is 0.0705. The molecule has 0 fully saturated rings. The van der Waals surface area contributed by atoms with E-state index in [9.17, 15) is 14.4 Å². The minimum atomic E-state index is -0.775. The number of carbonyl (C=O) groups is 3. The summed E-state index contributed by atoms with van der Waals surface area (Å²) in [4.78, 5) is 38.4. The van der Waals surface area contributed by atoms with E-state index in [-0.39, 0.29) is 31.1 Å². The molecule has 0 aromatic rings. The molecule has 0 spiro atoms. The molecule has 0 aliphatic heterocycles. The zero-order valence-corrected chi connectivity index (χ0v) is 51.6. The van der Waals surface area contributed by atoms with Crippen molar-refractivity contribution in [2.24, 2.45) is 0 Å². The molecular weight excluding hydrogens is 937 g/mol. The molecule has 1 unspecified atom stereocenters. The average molecular weight is 1070 g/mol. The third-order valence-electron chi connectivity index (χ3n) is 15.7. The second-order valence-corrected chi connectivity index (χ2v) is 23.4. The molecule has 1 atom stereocenters. The van der Waals surface area contributed by atoms with Gasteiger partial charge in [0, 0.05) is 19.3 Å². The Balaban J connectivity index is 4.23. The lowest BCUT2D eigenvalue weighted by atomic mass is 10.0. The Morgan fingerprint density at radius 2 is 0.434 bits per heavy atom. The molecule has 0 aromatic carbocycles.